The van der Waals surface area contributed by atoms with Gasteiger partial charge in [-0.25, -0.2) is 8.78 Å². The number of fused-ring (bicyclic) bond motifs is 3. The van der Waals surface area contributed by atoms with Gasteiger partial charge in [-0.05, 0) is 40.4 Å². The Balaban J connectivity index is 2.61. The van der Waals surface area contributed by atoms with Crippen LogP contribution in [0.15, 0.2) is 48.5 Å². The van der Waals surface area contributed by atoms with Crippen LogP contribution in [0.4, 0.5) is 8.78 Å². The van der Waals surface area contributed by atoms with Gasteiger partial charge in [0.2, 0.25) is 0 Å². The van der Waals surface area contributed by atoms with Crippen molar-refractivity contribution in [2.24, 2.45) is 0 Å². The summed E-state index contributed by atoms with van der Waals surface area (Å²) < 4.78 is 26.9. The fraction of sp³-hybridized carbons (Fsp3) is 0. The van der Waals surface area contributed by atoms with Crippen molar-refractivity contribution in [3.63, 3.8) is 0 Å². The molecule has 0 aromatic heterocycles. The van der Waals surface area contributed by atoms with E-state index in [0.717, 1.165) is 10.8 Å². The van der Waals surface area contributed by atoms with Crippen LogP contribution in [0, 0.1) is 11.6 Å². The molecule has 0 aliphatic rings. The second kappa shape index (κ2) is 3.27. The largest absolute Gasteiger partial charge is 0.207 e. The van der Waals surface area contributed by atoms with Crippen molar-refractivity contribution in [2.75, 3.05) is 0 Å². The quantitative estimate of drug-likeness (QED) is 0.490. The molecule has 3 aromatic carbocycles. The van der Waals surface area contributed by atoms with E-state index >= 15 is 0 Å². The maximum absolute atomic E-state index is 13.7. The number of hydrogen-bond donors (Lipinski definition) is 0. The molecule has 0 radical (unpaired) electrons. The zero-order valence-corrected chi connectivity index (χ0v) is 8.37. The highest BCUT2D eigenvalue weighted by Gasteiger charge is 2.06. The van der Waals surface area contributed by atoms with Crippen LogP contribution in [0.5, 0.6) is 0 Å². The number of halogens is 2. The van der Waals surface area contributed by atoms with Crippen LogP contribution in [-0.4, -0.2) is 0 Å². The Morgan fingerprint density at radius 3 is 2.38 bits per heavy atom. The van der Waals surface area contributed by atoms with Gasteiger partial charge >= 0.3 is 0 Å². The molecule has 0 amide bonds. The van der Waals surface area contributed by atoms with Gasteiger partial charge in [0.15, 0.2) is 0 Å². The van der Waals surface area contributed by atoms with Gasteiger partial charge in [0.25, 0.3) is 0 Å². The summed E-state index contributed by atoms with van der Waals surface area (Å²) in [6, 6.07) is 13.0. The summed E-state index contributed by atoms with van der Waals surface area (Å²) in [7, 11) is 0. The van der Waals surface area contributed by atoms with E-state index < -0.39 is 0 Å². The van der Waals surface area contributed by atoms with Gasteiger partial charge in [0.05, 0.1) is 0 Å². The molecule has 0 nitrogen and oxygen atoms in total. The SMILES string of the molecule is Fc1ccc2c(F)cc3ccccc3c2c1. The van der Waals surface area contributed by atoms with Crippen molar-refractivity contribution in [3.05, 3.63) is 60.2 Å². The molecule has 0 fully saturated rings. The Labute approximate surface area is 91.1 Å². The molecule has 0 aliphatic carbocycles. The highest BCUT2D eigenvalue weighted by molar-refractivity contribution is 6.07. The van der Waals surface area contributed by atoms with Crippen molar-refractivity contribution in [3.8, 4) is 0 Å². The molecular weight excluding hydrogens is 206 g/mol. The highest BCUT2D eigenvalue weighted by atomic mass is 19.1. The van der Waals surface area contributed by atoms with Crippen LogP contribution >= 0.6 is 0 Å². The van der Waals surface area contributed by atoms with Crippen LogP contribution < -0.4 is 0 Å². The second-order valence-electron chi connectivity index (χ2n) is 3.77. The summed E-state index contributed by atoms with van der Waals surface area (Å²) in [5.74, 6) is -0.656. The van der Waals surface area contributed by atoms with Crippen molar-refractivity contribution < 1.29 is 8.78 Å². The summed E-state index contributed by atoms with van der Waals surface area (Å²) in [6.45, 7) is 0. The third-order valence-electron chi connectivity index (χ3n) is 2.77. The first-order chi connectivity index (χ1) is 7.75. The first kappa shape index (κ1) is 9.28. The van der Waals surface area contributed by atoms with Gasteiger partial charge in [0, 0.05) is 5.39 Å². The molecule has 0 bridgehead atoms. The number of rotatable bonds is 0. The summed E-state index contributed by atoms with van der Waals surface area (Å²) in [4.78, 5) is 0. The molecule has 0 heterocycles. The molecule has 0 aliphatic heterocycles. The first-order valence-corrected chi connectivity index (χ1v) is 5.02. The average molecular weight is 214 g/mol. The van der Waals surface area contributed by atoms with Gasteiger partial charge in [-0.15, -0.1) is 0 Å². The molecule has 16 heavy (non-hydrogen) atoms. The molecular formula is C14H8F2. The van der Waals surface area contributed by atoms with Crippen molar-refractivity contribution in [1.82, 2.24) is 0 Å². The van der Waals surface area contributed by atoms with Crippen LogP contribution in [0.1, 0.15) is 0 Å². The summed E-state index contributed by atoms with van der Waals surface area (Å²) in [6.07, 6.45) is 0. The van der Waals surface area contributed by atoms with Crippen LogP contribution in [0.25, 0.3) is 21.5 Å². The average Bonchev–Trinajstić information content (AvgIpc) is 2.29. The molecule has 0 unspecified atom stereocenters. The maximum atomic E-state index is 13.7. The summed E-state index contributed by atoms with van der Waals surface area (Å²) in [5, 5.41) is 2.74. The third-order valence-corrected chi connectivity index (χ3v) is 2.77. The lowest BCUT2D eigenvalue weighted by molar-refractivity contribution is 0.627. The zero-order valence-electron chi connectivity index (χ0n) is 8.37. The zero-order chi connectivity index (χ0) is 11.1. The predicted molar refractivity (Wildman–Crippen MR) is 61.4 cm³/mol. The van der Waals surface area contributed by atoms with Crippen molar-refractivity contribution in [2.45, 2.75) is 0 Å². The number of hydrogen-bond acceptors (Lipinski definition) is 0. The van der Waals surface area contributed by atoms with E-state index in [-0.39, 0.29) is 11.6 Å². The van der Waals surface area contributed by atoms with E-state index in [2.05, 4.69) is 0 Å². The molecule has 0 atom stereocenters. The lowest BCUT2D eigenvalue weighted by Gasteiger charge is -2.05. The van der Waals surface area contributed by atoms with E-state index in [9.17, 15) is 8.78 Å². The smallest absolute Gasteiger partial charge is 0.131 e. The van der Waals surface area contributed by atoms with Gasteiger partial charge < -0.3 is 0 Å². The minimum Gasteiger partial charge on any atom is -0.207 e. The van der Waals surface area contributed by atoms with E-state index in [1.807, 2.05) is 24.3 Å². The Morgan fingerprint density at radius 2 is 1.50 bits per heavy atom. The Hall–Kier alpha value is -1.96. The van der Waals surface area contributed by atoms with Crippen LogP contribution in [-0.2, 0) is 0 Å². The molecule has 3 rings (SSSR count). The predicted octanol–water partition coefficient (Wildman–Crippen LogP) is 4.27. The Morgan fingerprint density at radius 1 is 0.688 bits per heavy atom. The number of benzene rings is 3. The maximum Gasteiger partial charge on any atom is 0.131 e. The third kappa shape index (κ3) is 1.27. The molecule has 78 valence electrons. The summed E-state index contributed by atoms with van der Waals surface area (Å²) >= 11 is 0. The fourth-order valence-corrected chi connectivity index (χ4v) is 2.03. The highest BCUT2D eigenvalue weighted by Crippen LogP contribution is 2.28. The molecule has 3 aromatic rings. The Bertz CT molecular complexity index is 687. The van der Waals surface area contributed by atoms with Gasteiger partial charge in [-0.1, -0.05) is 24.3 Å². The molecule has 0 N–H and O–H groups in total. The normalized spacial score (nSPS) is 11.1. The minimum absolute atomic E-state index is 0.311. The second-order valence-corrected chi connectivity index (χ2v) is 3.77. The van der Waals surface area contributed by atoms with Gasteiger partial charge in [0.1, 0.15) is 11.6 Å². The van der Waals surface area contributed by atoms with E-state index in [4.69, 9.17) is 0 Å². The standard InChI is InChI=1S/C14H8F2/c15-10-5-6-12-13(8-10)11-4-2-1-3-9(11)7-14(12)16/h1-8H. The molecule has 0 saturated heterocycles. The molecule has 0 saturated carbocycles. The van der Waals surface area contributed by atoms with E-state index in [1.54, 1.807) is 0 Å². The van der Waals surface area contributed by atoms with Gasteiger partial charge in [-0.3, -0.25) is 0 Å². The lowest BCUT2D eigenvalue weighted by Crippen LogP contribution is -1.84. The van der Waals surface area contributed by atoms with E-state index in [0.29, 0.717) is 10.8 Å². The molecule has 0 spiro atoms. The topological polar surface area (TPSA) is 0 Å². The van der Waals surface area contributed by atoms with E-state index in [1.165, 1.54) is 24.3 Å². The lowest BCUT2D eigenvalue weighted by atomic mass is 10.0. The fourth-order valence-electron chi connectivity index (χ4n) is 2.03. The first-order valence-electron chi connectivity index (χ1n) is 5.02. The van der Waals surface area contributed by atoms with Crippen molar-refractivity contribution >= 4 is 21.5 Å². The monoisotopic (exact) mass is 214 g/mol. The van der Waals surface area contributed by atoms with Crippen molar-refractivity contribution in [1.29, 1.82) is 0 Å². The van der Waals surface area contributed by atoms with Crippen LogP contribution in [0.2, 0.25) is 0 Å². The van der Waals surface area contributed by atoms with Gasteiger partial charge in [-0.2, -0.15) is 0 Å². The summed E-state index contributed by atoms with van der Waals surface area (Å²) in [5.41, 5.74) is 0. The Kier molecular flexibility index (Phi) is 1.90. The van der Waals surface area contributed by atoms with Crippen LogP contribution in [0.3, 0.4) is 0 Å². The molecule has 2 heteroatoms. The minimum atomic E-state index is -0.344.